The van der Waals surface area contributed by atoms with Gasteiger partial charge in [0.2, 0.25) is 0 Å². The molecule has 0 aliphatic rings. The van der Waals surface area contributed by atoms with Crippen molar-refractivity contribution in [2.75, 3.05) is 13.7 Å². The van der Waals surface area contributed by atoms with Gasteiger partial charge in [0, 0.05) is 0 Å². The molecule has 1 aromatic carbocycles. The average Bonchev–Trinajstić information content (AvgIpc) is 2.49. The molecule has 0 saturated heterocycles. The van der Waals surface area contributed by atoms with Crippen molar-refractivity contribution in [1.29, 1.82) is 0 Å². The molecule has 6 heteroatoms. The number of hydrogen-bond donors (Lipinski definition) is 1. The lowest BCUT2D eigenvalue weighted by Crippen LogP contribution is -2.42. The number of methoxy groups -OCH3 is 1. The number of carbonyl (C=O) groups is 2. The van der Waals surface area contributed by atoms with E-state index < -0.39 is 23.7 Å². The molecule has 1 rings (SSSR count). The predicted octanol–water partition coefficient (Wildman–Crippen LogP) is 3.16. The standard InChI is InChI=1S/C18H25NO5/c1-13(19-17(21)24-18(2,3)4)16(20)23-12-6-7-14-8-10-15(22-5)11-9-14/h6-11,13H,12H2,1-5H3,(H,19,21)/b7-6+. The molecule has 1 atom stereocenters. The van der Waals surface area contributed by atoms with Crippen molar-refractivity contribution in [3.8, 4) is 5.75 Å². The van der Waals surface area contributed by atoms with Crippen LogP contribution in [0.5, 0.6) is 5.75 Å². The SMILES string of the molecule is COc1ccc(/C=C/COC(=O)C(C)NC(=O)OC(C)(C)C)cc1. The van der Waals surface area contributed by atoms with Crippen molar-refractivity contribution in [3.63, 3.8) is 0 Å². The summed E-state index contributed by atoms with van der Waals surface area (Å²) in [5, 5.41) is 2.43. The van der Waals surface area contributed by atoms with E-state index in [0.717, 1.165) is 11.3 Å². The lowest BCUT2D eigenvalue weighted by Gasteiger charge is -2.21. The van der Waals surface area contributed by atoms with Crippen LogP contribution in [-0.2, 0) is 14.3 Å². The molecule has 0 saturated carbocycles. The Morgan fingerprint density at radius 2 is 1.83 bits per heavy atom. The van der Waals surface area contributed by atoms with Crippen LogP contribution in [0.3, 0.4) is 0 Å². The van der Waals surface area contributed by atoms with Crippen LogP contribution in [0.2, 0.25) is 0 Å². The van der Waals surface area contributed by atoms with E-state index in [1.54, 1.807) is 40.9 Å². The minimum atomic E-state index is -0.783. The molecule has 0 aliphatic carbocycles. The van der Waals surface area contributed by atoms with Crippen molar-refractivity contribution < 1.29 is 23.8 Å². The second-order valence-corrected chi connectivity index (χ2v) is 6.17. The third-order valence-electron chi connectivity index (χ3n) is 2.83. The first kappa shape index (κ1) is 19.5. The minimum Gasteiger partial charge on any atom is -0.497 e. The molecule has 6 nitrogen and oxygen atoms in total. The van der Waals surface area contributed by atoms with Gasteiger partial charge >= 0.3 is 12.1 Å². The highest BCUT2D eigenvalue weighted by Gasteiger charge is 2.21. The van der Waals surface area contributed by atoms with Crippen molar-refractivity contribution in [1.82, 2.24) is 5.32 Å². The zero-order valence-corrected chi connectivity index (χ0v) is 14.8. The van der Waals surface area contributed by atoms with Crippen molar-refractivity contribution in [2.24, 2.45) is 0 Å². The summed E-state index contributed by atoms with van der Waals surface area (Å²) < 4.78 is 15.2. The molecule has 0 heterocycles. The van der Waals surface area contributed by atoms with E-state index in [0.29, 0.717) is 0 Å². The van der Waals surface area contributed by atoms with Gasteiger partial charge < -0.3 is 19.5 Å². The monoisotopic (exact) mass is 335 g/mol. The van der Waals surface area contributed by atoms with Gasteiger partial charge in [0.15, 0.2) is 0 Å². The maximum Gasteiger partial charge on any atom is 0.408 e. The van der Waals surface area contributed by atoms with Gasteiger partial charge in [-0.1, -0.05) is 18.2 Å². The topological polar surface area (TPSA) is 73.9 Å². The van der Waals surface area contributed by atoms with Crippen molar-refractivity contribution >= 4 is 18.1 Å². The fourth-order valence-electron chi connectivity index (χ4n) is 1.70. The highest BCUT2D eigenvalue weighted by molar-refractivity contribution is 5.81. The summed E-state index contributed by atoms with van der Waals surface area (Å²) in [7, 11) is 1.61. The first-order chi connectivity index (χ1) is 11.2. The Balaban J connectivity index is 2.36. The molecule has 0 fully saturated rings. The van der Waals surface area contributed by atoms with E-state index >= 15 is 0 Å². The molecule has 0 bridgehead atoms. The number of esters is 1. The molecular formula is C18H25NO5. The molecule has 1 N–H and O–H groups in total. The lowest BCUT2D eigenvalue weighted by molar-refractivity contribution is -0.144. The summed E-state index contributed by atoms with van der Waals surface area (Å²) in [6.45, 7) is 6.91. The van der Waals surface area contributed by atoms with E-state index in [4.69, 9.17) is 14.2 Å². The Morgan fingerprint density at radius 1 is 1.21 bits per heavy atom. The maximum absolute atomic E-state index is 11.8. The van der Waals surface area contributed by atoms with E-state index in [1.807, 2.05) is 30.3 Å². The number of ether oxygens (including phenoxy) is 3. The second kappa shape index (κ2) is 8.96. The zero-order chi connectivity index (χ0) is 18.2. The van der Waals surface area contributed by atoms with Gasteiger partial charge in [0.05, 0.1) is 7.11 Å². The van der Waals surface area contributed by atoms with Crippen molar-refractivity contribution in [2.45, 2.75) is 39.3 Å². The second-order valence-electron chi connectivity index (χ2n) is 6.17. The molecule has 0 spiro atoms. The zero-order valence-electron chi connectivity index (χ0n) is 14.8. The molecular weight excluding hydrogens is 310 g/mol. The summed E-state index contributed by atoms with van der Waals surface area (Å²) in [5.41, 5.74) is 0.348. The fraction of sp³-hybridized carbons (Fsp3) is 0.444. The minimum absolute atomic E-state index is 0.116. The van der Waals surface area contributed by atoms with Crippen LogP contribution in [0.25, 0.3) is 6.08 Å². The third kappa shape index (κ3) is 7.67. The molecule has 1 unspecified atom stereocenters. The Kier molecular flexibility index (Phi) is 7.30. The lowest BCUT2D eigenvalue weighted by atomic mass is 10.2. The number of carbonyl (C=O) groups excluding carboxylic acids is 2. The Labute approximate surface area is 142 Å². The third-order valence-corrected chi connectivity index (χ3v) is 2.83. The first-order valence-electron chi connectivity index (χ1n) is 7.68. The number of amides is 1. The van der Waals surface area contributed by atoms with Gasteiger partial charge in [-0.3, -0.25) is 0 Å². The van der Waals surface area contributed by atoms with E-state index in [1.165, 1.54) is 0 Å². The largest absolute Gasteiger partial charge is 0.497 e. The van der Waals surface area contributed by atoms with Crippen LogP contribution in [-0.4, -0.2) is 37.4 Å². The van der Waals surface area contributed by atoms with Gasteiger partial charge in [0.25, 0.3) is 0 Å². The Hall–Kier alpha value is -2.50. The highest BCUT2D eigenvalue weighted by atomic mass is 16.6. The van der Waals surface area contributed by atoms with Gasteiger partial charge in [-0.2, -0.15) is 0 Å². The number of alkyl carbamates (subject to hydrolysis) is 1. The molecule has 0 radical (unpaired) electrons. The highest BCUT2D eigenvalue weighted by Crippen LogP contribution is 2.12. The number of benzene rings is 1. The average molecular weight is 335 g/mol. The predicted molar refractivity (Wildman–Crippen MR) is 91.8 cm³/mol. The molecule has 24 heavy (non-hydrogen) atoms. The van der Waals surface area contributed by atoms with Gasteiger partial charge in [-0.25, -0.2) is 9.59 Å². The molecule has 1 amide bonds. The number of rotatable bonds is 6. The summed E-state index contributed by atoms with van der Waals surface area (Å²) in [6, 6.07) is 6.69. The number of hydrogen-bond acceptors (Lipinski definition) is 5. The summed E-state index contributed by atoms with van der Waals surface area (Å²) >= 11 is 0. The Bertz CT molecular complexity index is 572. The van der Waals surface area contributed by atoms with E-state index in [2.05, 4.69) is 5.32 Å². The summed E-state index contributed by atoms with van der Waals surface area (Å²) in [5.74, 6) is 0.251. The van der Waals surface area contributed by atoms with Crippen LogP contribution >= 0.6 is 0 Å². The van der Waals surface area contributed by atoms with Crippen LogP contribution in [0.1, 0.15) is 33.3 Å². The fourth-order valence-corrected chi connectivity index (χ4v) is 1.70. The molecule has 0 aromatic heterocycles. The molecule has 1 aromatic rings. The van der Waals surface area contributed by atoms with Crippen LogP contribution in [0.4, 0.5) is 4.79 Å². The quantitative estimate of drug-likeness (QED) is 0.808. The van der Waals surface area contributed by atoms with Crippen LogP contribution in [0, 0.1) is 0 Å². The molecule has 132 valence electrons. The van der Waals surface area contributed by atoms with Gasteiger partial charge in [-0.15, -0.1) is 0 Å². The summed E-state index contributed by atoms with van der Waals surface area (Å²) in [6.07, 6.45) is 2.90. The van der Waals surface area contributed by atoms with Gasteiger partial charge in [0.1, 0.15) is 24.0 Å². The van der Waals surface area contributed by atoms with Crippen LogP contribution in [0.15, 0.2) is 30.3 Å². The van der Waals surface area contributed by atoms with Crippen molar-refractivity contribution in [3.05, 3.63) is 35.9 Å². The normalized spacial score (nSPS) is 12.5. The van der Waals surface area contributed by atoms with Crippen LogP contribution < -0.4 is 10.1 Å². The number of nitrogens with one attached hydrogen (secondary N) is 1. The van der Waals surface area contributed by atoms with E-state index in [-0.39, 0.29) is 6.61 Å². The molecule has 0 aliphatic heterocycles. The summed E-state index contributed by atoms with van der Waals surface area (Å²) in [4.78, 5) is 23.4. The Morgan fingerprint density at radius 3 is 2.38 bits per heavy atom. The van der Waals surface area contributed by atoms with E-state index in [9.17, 15) is 9.59 Å². The maximum atomic E-state index is 11.8. The first-order valence-corrected chi connectivity index (χ1v) is 7.68. The smallest absolute Gasteiger partial charge is 0.408 e. The van der Waals surface area contributed by atoms with Gasteiger partial charge in [-0.05, 0) is 51.5 Å².